The first-order chi connectivity index (χ1) is 14.0. The first-order valence-electron chi connectivity index (χ1n) is 10.00. The minimum absolute atomic E-state index is 0.0809. The SMILES string of the molecule is CCC(=O)N1CCc2cc(C(=O)N3C[C@@H](C(=O)O)[C@H](c4ccccc4)C3)ccc21. The molecule has 2 aromatic carbocycles. The molecular weight excluding hydrogens is 368 g/mol. The van der Waals surface area contributed by atoms with Crippen LogP contribution in [0, 0.1) is 5.92 Å². The van der Waals surface area contributed by atoms with Gasteiger partial charge in [-0.1, -0.05) is 37.3 Å². The van der Waals surface area contributed by atoms with Crippen LogP contribution in [-0.4, -0.2) is 47.4 Å². The molecule has 0 spiro atoms. The molecule has 6 heteroatoms. The predicted molar refractivity (Wildman–Crippen MR) is 109 cm³/mol. The van der Waals surface area contributed by atoms with E-state index in [0.29, 0.717) is 25.1 Å². The quantitative estimate of drug-likeness (QED) is 0.868. The minimum Gasteiger partial charge on any atom is -0.481 e. The summed E-state index contributed by atoms with van der Waals surface area (Å²) in [5.74, 6) is -1.79. The molecule has 0 bridgehead atoms. The Balaban J connectivity index is 1.56. The van der Waals surface area contributed by atoms with Gasteiger partial charge >= 0.3 is 5.97 Å². The summed E-state index contributed by atoms with van der Waals surface area (Å²) >= 11 is 0. The number of aliphatic carboxylic acids is 1. The first kappa shape index (κ1) is 19.2. The number of likely N-dealkylation sites (tertiary alicyclic amines) is 1. The lowest BCUT2D eigenvalue weighted by molar-refractivity contribution is -0.141. The third-order valence-corrected chi connectivity index (χ3v) is 5.98. The highest BCUT2D eigenvalue weighted by Gasteiger charge is 2.40. The van der Waals surface area contributed by atoms with Crippen molar-refractivity contribution in [2.45, 2.75) is 25.7 Å². The van der Waals surface area contributed by atoms with Crippen LogP contribution in [0.2, 0.25) is 0 Å². The number of fused-ring (bicyclic) bond motifs is 1. The summed E-state index contributed by atoms with van der Waals surface area (Å²) in [5, 5.41) is 9.67. The van der Waals surface area contributed by atoms with Crippen molar-refractivity contribution in [2.24, 2.45) is 5.92 Å². The summed E-state index contributed by atoms with van der Waals surface area (Å²) < 4.78 is 0. The van der Waals surface area contributed by atoms with Gasteiger partial charge in [0, 0.05) is 43.2 Å². The Morgan fingerprint density at radius 1 is 1.07 bits per heavy atom. The highest BCUT2D eigenvalue weighted by molar-refractivity contribution is 5.99. The Kier molecular flexibility index (Phi) is 5.09. The Labute approximate surface area is 169 Å². The summed E-state index contributed by atoms with van der Waals surface area (Å²) in [7, 11) is 0. The van der Waals surface area contributed by atoms with Crippen LogP contribution in [0.5, 0.6) is 0 Å². The molecule has 0 radical (unpaired) electrons. The number of carboxylic acids is 1. The molecule has 0 aliphatic carbocycles. The van der Waals surface area contributed by atoms with Crippen LogP contribution in [0.15, 0.2) is 48.5 Å². The lowest BCUT2D eigenvalue weighted by atomic mass is 9.89. The molecule has 1 fully saturated rings. The number of rotatable bonds is 4. The fourth-order valence-electron chi connectivity index (χ4n) is 4.43. The van der Waals surface area contributed by atoms with E-state index >= 15 is 0 Å². The van der Waals surface area contributed by atoms with Crippen molar-refractivity contribution in [3.05, 3.63) is 65.2 Å². The monoisotopic (exact) mass is 392 g/mol. The van der Waals surface area contributed by atoms with Crippen molar-refractivity contribution in [1.29, 1.82) is 0 Å². The summed E-state index contributed by atoms with van der Waals surface area (Å²) in [5.41, 5.74) is 3.36. The van der Waals surface area contributed by atoms with E-state index in [2.05, 4.69) is 0 Å². The fraction of sp³-hybridized carbons (Fsp3) is 0.348. The van der Waals surface area contributed by atoms with E-state index in [9.17, 15) is 19.5 Å². The lowest BCUT2D eigenvalue weighted by Crippen LogP contribution is -2.30. The van der Waals surface area contributed by atoms with Crippen LogP contribution in [0.25, 0.3) is 0 Å². The molecule has 0 unspecified atom stereocenters. The van der Waals surface area contributed by atoms with Gasteiger partial charge in [0.1, 0.15) is 0 Å². The standard InChI is InChI=1S/C23H24N2O4/c1-2-21(26)25-11-10-16-12-17(8-9-20(16)25)22(27)24-13-18(19(14-24)23(28)29)15-6-4-3-5-7-15/h3-9,12,18-19H,2,10-11,13-14H2,1H3,(H,28,29)/t18-,19+/m0/s1. The molecule has 2 aliphatic heterocycles. The molecule has 0 saturated carbocycles. The van der Waals surface area contributed by atoms with Gasteiger partial charge in [-0.05, 0) is 35.7 Å². The summed E-state index contributed by atoms with van der Waals surface area (Å²) in [6.07, 6.45) is 1.18. The molecule has 29 heavy (non-hydrogen) atoms. The van der Waals surface area contributed by atoms with Crippen LogP contribution < -0.4 is 4.90 Å². The fourth-order valence-corrected chi connectivity index (χ4v) is 4.43. The van der Waals surface area contributed by atoms with E-state index in [0.717, 1.165) is 23.2 Å². The average molecular weight is 392 g/mol. The van der Waals surface area contributed by atoms with E-state index in [1.54, 1.807) is 15.9 Å². The van der Waals surface area contributed by atoms with Crippen molar-refractivity contribution in [1.82, 2.24) is 4.90 Å². The molecule has 2 heterocycles. The topological polar surface area (TPSA) is 77.9 Å². The number of amides is 2. The highest BCUT2D eigenvalue weighted by Crippen LogP contribution is 2.35. The summed E-state index contributed by atoms with van der Waals surface area (Å²) in [6.45, 7) is 3.07. The molecule has 6 nitrogen and oxygen atoms in total. The number of carboxylic acid groups (broad SMARTS) is 1. The largest absolute Gasteiger partial charge is 0.481 e. The van der Waals surface area contributed by atoms with Crippen LogP contribution in [0.4, 0.5) is 5.69 Å². The second-order valence-corrected chi connectivity index (χ2v) is 7.66. The van der Waals surface area contributed by atoms with Gasteiger partial charge in [-0.3, -0.25) is 14.4 Å². The van der Waals surface area contributed by atoms with Gasteiger partial charge in [0.25, 0.3) is 5.91 Å². The van der Waals surface area contributed by atoms with Crippen LogP contribution >= 0.6 is 0 Å². The van der Waals surface area contributed by atoms with Crippen molar-refractivity contribution in [3.8, 4) is 0 Å². The van der Waals surface area contributed by atoms with Gasteiger partial charge in [0.15, 0.2) is 0 Å². The number of carbonyl (C=O) groups is 3. The summed E-state index contributed by atoms with van der Waals surface area (Å²) in [6, 6.07) is 15.0. The molecule has 150 valence electrons. The summed E-state index contributed by atoms with van der Waals surface area (Å²) in [4.78, 5) is 40.4. The Morgan fingerprint density at radius 2 is 1.83 bits per heavy atom. The van der Waals surface area contributed by atoms with Crippen LogP contribution in [0.1, 0.15) is 40.7 Å². The minimum atomic E-state index is -0.878. The number of anilines is 1. The number of hydrogen-bond acceptors (Lipinski definition) is 3. The van der Waals surface area contributed by atoms with Gasteiger partial charge in [0.2, 0.25) is 5.91 Å². The third kappa shape index (κ3) is 3.50. The maximum absolute atomic E-state index is 13.1. The third-order valence-electron chi connectivity index (χ3n) is 5.98. The Hall–Kier alpha value is -3.15. The average Bonchev–Trinajstić information content (AvgIpc) is 3.37. The van der Waals surface area contributed by atoms with Gasteiger partial charge in [-0.2, -0.15) is 0 Å². The molecule has 1 N–H and O–H groups in total. The zero-order valence-corrected chi connectivity index (χ0v) is 16.4. The van der Waals surface area contributed by atoms with Crippen molar-refractivity contribution >= 4 is 23.5 Å². The molecule has 2 atom stereocenters. The van der Waals surface area contributed by atoms with Gasteiger partial charge < -0.3 is 14.9 Å². The lowest BCUT2D eigenvalue weighted by Gasteiger charge is -2.19. The van der Waals surface area contributed by atoms with Gasteiger partial charge in [0.05, 0.1) is 5.92 Å². The Morgan fingerprint density at radius 3 is 2.52 bits per heavy atom. The predicted octanol–water partition coefficient (Wildman–Crippen LogP) is 2.93. The first-order valence-corrected chi connectivity index (χ1v) is 10.00. The molecule has 2 aliphatic rings. The molecule has 2 aromatic rings. The van der Waals surface area contributed by atoms with E-state index in [4.69, 9.17) is 0 Å². The van der Waals surface area contributed by atoms with Crippen molar-refractivity contribution in [3.63, 3.8) is 0 Å². The highest BCUT2D eigenvalue weighted by atomic mass is 16.4. The van der Waals surface area contributed by atoms with Crippen molar-refractivity contribution in [2.75, 3.05) is 24.5 Å². The van der Waals surface area contributed by atoms with Crippen LogP contribution in [-0.2, 0) is 16.0 Å². The second kappa shape index (κ2) is 7.70. The van der Waals surface area contributed by atoms with E-state index in [-0.39, 0.29) is 24.3 Å². The smallest absolute Gasteiger partial charge is 0.308 e. The normalized spacial score (nSPS) is 20.6. The van der Waals surface area contributed by atoms with E-state index in [1.807, 2.05) is 49.4 Å². The zero-order chi connectivity index (χ0) is 20.5. The molecule has 0 aromatic heterocycles. The molecular formula is C23H24N2O4. The zero-order valence-electron chi connectivity index (χ0n) is 16.4. The number of carbonyl (C=O) groups excluding carboxylic acids is 2. The molecule has 1 saturated heterocycles. The maximum atomic E-state index is 13.1. The number of hydrogen-bond donors (Lipinski definition) is 1. The maximum Gasteiger partial charge on any atom is 0.308 e. The number of benzene rings is 2. The molecule has 4 rings (SSSR count). The van der Waals surface area contributed by atoms with Gasteiger partial charge in [-0.15, -0.1) is 0 Å². The van der Waals surface area contributed by atoms with Crippen molar-refractivity contribution < 1.29 is 19.5 Å². The van der Waals surface area contributed by atoms with E-state index in [1.165, 1.54) is 0 Å². The Bertz CT molecular complexity index is 957. The van der Waals surface area contributed by atoms with Gasteiger partial charge in [-0.25, -0.2) is 0 Å². The van der Waals surface area contributed by atoms with E-state index < -0.39 is 11.9 Å². The van der Waals surface area contributed by atoms with Crippen LogP contribution in [0.3, 0.4) is 0 Å². The molecule has 2 amide bonds. The number of nitrogens with zero attached hydrogens (tertiary/aromatic N) is 2. The second-order valence-electron chi connectivity index (χ2n) is 7.66.